The molecular formula is C18H24N2O4S. The topological polar surface area (TPSA) is 75.7 Å². The molecular weight excluding hydrogens is 340 g/mol. The van der Waals surface area contributed by atoms with Crippen LogP contribution >= 0.6 is 11.8 Å². The Bertz CT molecular complexity index is 628. The summed E-state index contributed by atoms with van der Waals surface area (Å²) < 4.78 is 5.47. The van der Waals surface area contributed by atoms with Gasteiger partial charge >= 0.3 is 0 Å². The Kier molecular flexibility index (Phi) is 6.87. The van der Waals surface area contributed by atoms with E-state index in [1.54, 1.807) is 18.2 Å². The molecule has 1 N–H and O–H groups in total. The normalized spacial score (nSPS) is 20.5. The molecule has 0 aliphatic carbocycles. The maximum Gasteiger partial charge on any atom is 0.244 e. The van der Waals surface area contributed by atoms with Crippen molar-refractivity contribution >= 4 is 35.2 Å². The molecule has 0 bridgehead atoms. The number of amides is 3. The van der Waals surface area contributed by atoms with Gasteiger partial charge in [-0.15, -0.1) is 11.8 Å². The van der Waals surface area contributed by atoms with Gasteiger partial charge in [0.15, 0.2) is 0 Å². The van der Waals surface area contributed by atoms with E-state index in [1.165, 1.54) is 11.8 Å². The number of carbonyl (C=O) groups is 3. The molecule has 1 aliphatic rings. The van der Waals surface area contributed by atoms with Gasteiger partial charge in [-0.2, -0.15) is 0 Å². The smallest absolute Gasteiger partial charge is 0.244 e. The van der Waals surface area contributed by atoms with Crippen molar-refractivity contribution in [3.05, 3.63) is 24.3 Å². The zero-order valence-electron chi connectivity index (χ0n) is 14.8. The van der Waals surface area contributed by atoms with E-state index in [9.17, 15) is 14.4 Å². The lowest BCUT2D eigenvalue weighted by atomic mass is 10.2. The lowest BCUT2D eigenvalue weighted by Crippen LogP contribution is -2.53. The summed E-state index contributed by atoms with van der Waals surface area (Å²) in [6.07, 6.45) is 1.27. The zero-order valence-corrected chi connectivity index (χ0v) is 15.6. The van der Waals surface area contributed by atoms with Crippen molar-refractivity contribution in [3.8, 4) is 5.75 Å². The number of thioether (sulfide) groups is 1. The van der Waals surface area contributed by atoms with Crippen LogP contribution in [0.1, 0.15) is 33.6 Å². The van der Waals surface area contributed by atoms with Crippen LogP contribution in [0.15, 0.2) is 24.3 Å². The molecule has 1 aromatic rings. The minimum atomic E-state index is -0.412. The van der Waals surface area contributed by atoms with Crippen LogP contribution in [0.4, 0.5) is 5.69 Å². The van der Waals surface area contributed by atoms with E-state index >= 15 is 0 Å². The number of benzene rings is 1. The molecule has 1 saturated heterocycles. The van der Waals surface area contributed by atoms with Crippen molar-refractivity contribution in [2.24, 2.45) is 0 Å². The lowest BCUT2D eigenvalue weighted by molar-refractivity contribution is -0.147. The quantitative estimate of drug-likeness (QED) is 0.753. The number of imide groups is 1. The van der Waals surface area contributed by atoms with E-state index in [2.05, 4.69) is 5.32 Å². The average Bonchev–Trinajstić information content (AvgIpc) is 2.61. The molecule has 2 rings (SSSR count). The minimum absolute atomic E-state index is 0.272. The number of nitrogens with one attached hydrogen (secondary N) is 1. The highest BCUT2D eigenvalue weighted by atomic mass is 32.2. The third-order valence-electron chi connectivity index (χ3n) is 3.92. The second-order valence-electron chi connectivity index (χ2n) is 5.67. The Hall–Kier alpha value is -2.02. The summed E-state index contributed by atoms with van der Waals surface area (Å²) in [5, 5.41) is 2.19. The molecule has 0 saturated carbocycles. The molecule has 0 spiro atoms. The largest absolute Gasteiger partial charge is 0.492 e. The summed E-state index contributed by atoms with van der Waals surface area (Å²) in [6, 6.07) is 7.08. The molecule has 2 atom stereocenters. The fourth-order valence-corrected chi connectivity index (χ4v) is 3.92. The van der Waals surface area contributed by atoms with Crippen LogP contribution in [-0.2, 0) is 14.4 Å². The molecule has 0 unspecified atom stereocenters. The van der Waals surface area contributed by atoms with E-state index in [-0.39, 0.29) is 28.9 Å². The SMILES string of the molecule is CCOc1ccccc1NC(=O)CN1C(=O)[C@H](CC)S[C@@H](CC)C1=O. The van der Waals surface area contributed by atoms with Gasteiger partial charge in [0, 0.05) is 0 Å². The standard InChI is InChI=1S/C18H24N2O4S/c1-4-14-17(22)20(18(23)15(5-2)25-14)11-16(21)19-12-9-7-8-10-13(12)24-6-3/h7-10,14-15H,4-6,11H2,1-3H3,(H,19,21)/t14-,15-/m0/s1. The highest BCUT2D eigenvalue weighted by Crippen LogP contribution is 2.31. The number of anilines is 1. The van der Waals surface area contributed by atoms with Gasteiger partial charge in [-0.1, -0.05) is 26.0 Å². The number of nitrogens with zero attached hydrogens (tertiary/aromatic N) is 1. The Morgan fingerprint density at radius 1 is 1.12 bits per heavy atom. The van der Waals surface area contributed by atoms with Crippen molar-refractivity contribution < 1.29 is 19.1 Å². The summed E-state index contributed by atoms with van der Waals surface area (Å²) >= 11 is 1.40. The number of hydrogen-bond acceptors (Lipinski definition) is 5. The first kappa shape index (κ1) is 19.3. The molecule has 3 amide bonds. The second-order valence-corrected chi connectivity index (χ2v) is 7.08. The van der Waals surface area contributed by atoms with Crippen LogP contribution in [0.5, 0.6) is 5.75 Å². The third-order valence-corrected chi connectivity index (χ3v) is 5.64. The highest BCUT2D eigenvalue weighted by molar-refractivity contribution is 8.02. The summed E-state index contributed by atoms with van der Waals surface area (Å²) in [7, 11) is 0. The molecule has 1 heterocycles. The first-order valence-electron chi connectivity index (χ1n) is 8.54. The van der Waals surface area contributed by atoms with Crippen molar-refractivity contribution in [2.75, 3.05) is 18.5 Å². The molecule has 7 heteroatoms. The molecule has 6 nitrogen and oxygen atoms in total. The van der Waals surface area contributed by atoms with E-state index in [1.807, 2.05) is 26.8 Å². The number of carbonyl (C=O) groups excluding carboxylic acids is 3. The van der Waals surface area contributed by atoms with Crippen LogP contribution in [0, 0.1) is 0 Å². The molecule has 136 valence electrons. The van der Waals surface area contributed by atoms with Gasteiger partial charge in [-0.05, 0) is 31.9 Å². The van der Waals surface area contributed by atoms with Gasteiger partial charge in [0.2, 0.25) is 17.7 Å². The second kappa shape index (κ2) is 8.89. The summed E-state index contributed by atoms with van der Waals surface area (Å²) in [4.78, 5) is 38.4. The fraction of sp³-hybridized carbons (Fsp3) is 0.500. The Labute approximate surface area is 152 Å². The summed E-state index contributed by atoms with van der Waals surface area (Å²) in [5.74, 6) is -0.417. The Morgan fingerprint density at radius 3 is 2.28 bits per heavy atom. The monoisotopic (exact) mass is 364 g/mol. The van der Waals surface area contributed by atoms with Crippen LogP contribution < -0.4 is 10.1 Å². The van der Waals surface area contributed by atoms with E-state index in [0.717, 1.165) is 4.90 Å². The minimum Gasteiger partial charge on any atom is -0.492 e. The van der Waals surface area contributed by atoms with E-state index in [4.69, 9.17) is 4.74 Å². The van der Waals surface area contributed by atoms with Crippen molar-refractivity contribution in [1.29, 1.82) is 0 Å². The van der Waals surface area contributed by atoms with Gasteiger partial charge in [0.05, 0.1) is 22.8 Å². The van der Waals surface area contributed by atoms with Crippen LogP contribution in [0.25, 0.3) is 0 Å². The number of ether oxygens (including phenoxy) is 1. The fourth-order valence-electron chi connectivity index (χ4n) is 2.65. The van der Waals surface area contributed by atoms with Gasteiger partial charge < -0.3 is 10.1 Å². The van der Waals surface area contributed by atoms with Crippen LogP contribution in [-0.4, -0.2) is 46.3 Å². The number of hydrogen-bond donors (Lipinski definition) is 1. The zero-order chi connectivity index (χ0) is 18.4. The van der Waals surface area contributed by atoms with Gasteiger partial charge in [-0.25, -0.2) is 0 Å². The van der Waals surface area contributed by atoms with Gasteiger partial charge in [0.25, 0.3) is 0 Å². The van der Waals surface area contributed by atoms with Gasteiger partial charge in [0.1, 0.15) is 12.3 Å². The number of rotatable bonds is 7. The maximum absolute atomic E-state index is 12.5. The Balaban J connectivity index is 2.10. The maximum atomic E-state index is 12.5. The predicted molar refractivity (Wildman–Crippen MR) is 98.7 cm³/mol. The molecule has 1 fully saturated rings. The summed E-state index contributed by atoms with van der Waals surface area (Å²) in [5.41, 5.74) is 0.528. The predicted octanol–water partition coefficient (Wildman–Crippen LogP) is 2.68. The lowest BCUT2D eigenvalue weighted by Gasteiger charge is -2.34. The third kappa shape index (κ3) is 4.54. The highest BCUT2D eigenvalue weighted by Gasteiger charge is 2.40. The first-order chi connectivity index (χ1) is 12.0. The van der Waals surface area contributed by atoms with E-state index in [0.29, 0.717) is 30.9 Å². The van der Waals surface area contributed by atoms with Crippen molar-refractivity contribution in [3.63, 3.8) is 0 Å². The van der Waals surface area contributed by atoms with Crippen molar-refractivity contribution in [1.82, 2.24) is 4.90 Å². The van der Waals surface area contributed by atoms with Crippen LogP contribution in [0.2, 0.25) is 0 Å². The molecule has 1 aromatic carbocycles. The van der Waals surface area contributed by atoms with E-state index < -0.39 is 5.91 Å². The molecule has 0 radical (unpaired) electrons. The van der Waals surface area contributed by atoms with Gasteiger partial charge in [-0.3, -0.25) is 19.3 Å². The average molecular weight is 364 g/mol. The number of para-hydroxylation sites is 2. The molecule has 25 heavy (non-hydrogen) atoms. The molecule has 0 aromatic heterocycles. The summed E-state index contributed by atoms with van der Waals surface area (Å²) in [6.45, 7) is 5.88. The van der Waals surface area contributed by atoms with Crippen molar-refractivity contribution in [2.45, 2.75) is 44.1 Å². The van der Waals surface area contributed by atoms with Crippen LogP contribution in [0.3, 0.4) is 0 Å². The molecule has 1 aliphatic heterocycles. The Morgan fingerprint density at radius 2 is 1.72 bits per heavy atom. The first-order valence-corrected chi connectivity index (χ1v) is 9.48.